The topological polar surface area (TPSA) is 0 Å². The minimum absolute atomic E-state index is 0.877. The van der Waals surface area contributed by atoms with Crippen LogP contribution in [0.15, 0.2) is 12.7 Å². The first-order chi connectivity index (χ1) is 5.25. The highest BCUT2D eigenvalue weighted by atomic mass is 14.4. The molecule has 1 aliphatic carbocycles. The molecule has 0 saturated heterocycles. The summed E-state index contributed by atoms with van der Waals surface area (Å²) in [5, 5.41) is 0. The summed E-state index contributed by atoms with van der Waals surface area (Å²) >= 11 is 0. The predicted molar refractivity (Wildman–Crippen MR) is 50.5 cm³/mol. The molecule has 0 aromatic carbocycles. The molecular weight excluding hydrogens is 132 g/mol. The van der Waals surface area contributed by atoms with Gasteiger partial charge in [0.05, 0.1) is 0 Å². The van der Waals surface area contributed by atoms with Crippen LogP contribution in [0.3, 0.4) is 0 Å². The van der Waals surface area contributed by atoms with E-state index in [1.807, 2.05) is 0 Å². The first kappa shape index (κ1) is 8.83. The molecule has 0 N–H and O–H groups in total. The van der Waals surface area contributed by atoms with Crippen molar-refractivity contribution < 1.29 is 0 Å². The van der Waals surface area contributed by atoms with Crippen molar-refractivity contribution in [2.75, 3.05) is 0 Å². The summed E-state index contributed by atoms with van der Waals surface area (Å²) < 4.78 is 0. The van der Waals surface area contributed by atoms with Crippen molar-refractivity contribution >= 4 is 0 Å². The molecule has 0 aliphatic heterocycles. The second-order valence-corrected chi connectivity index (χ2v) is 4.11. The normalized spacial score (nSPS) is 20.3. The SMILES string of the molecule is C=CCCC(C(C)C)C1CC1. The average molecular weight is 152 g/mol. The summed E-state index contributed by atoms with van der Waals surface area (Å²) in [4.78, 5) is 0. The van der Waals surface area contributed by atoms with Crippen LogP contribution in [0.4, 0.5) is 0 Å². The number of allylic oxidation sites excluding steroid dienone is 1. The Balaban J connectivity index is 2.26. The fourth-order valence-electron chi connectivity index (χ4n) is 1.95. The predicted octanol–water partition coefficient (Wildman–Crippen LogP) is 3.63. The lowest BCUT2D eigenvalue weighted by molar-refractivity contribution is 0.320. The Labute approximate surface area is 70.7 Å². The molecule has 0 aromatic heterocycles. The van der Waals surface area contributed by atoms with Crippen LogP contribution in [0.5, 0.6) is 0 Å². The maximum absolute atomic E-state index is 3.77. The Bertz CT molecular complexity index is 118. The molecule has 0 spiro atoms. The van der Waals surface area contributed by atoms with Crippen LogP contribution in [0, 0.1) is 17.8 Å². The van der Waals surface area contributed by atoms with Crippen molar-refractivity contribution in [1.29, 1.82) is 0 Å². The standard InChI is InChI=1S/C11H20/c1-4-5-6-11(9(2)3)10-7-8-10/h4,9-11H,1,5-8H2,2-3H3. The molecule has 0 bridgehead atoms. The highest BCUT2D eigenvalue weighted by Crippen LogP contribution is 2.42. The van der Waals surface area contributed by atoms with Gasteiger partial charge >= 0.3 is 0 Å². The van der Waals surface area contributed by atoms with Crippen molar-refractivity contribution in [3.05, 3.63) is 12.7 Å². The summed E-state index contributed by atoms with van der Waals surface area (Å²) in [6, 6.07) is 0. The van der Waals surface area contributed by atoms with E-state index in [2.05, 4.69) is 26.5 Å². The van der Waals surface area contributed by atoms with E-state index in [9.17, 15) is 0 Å². The molecule has 1 rings (SSSR count). The summed E-state index contributed by atoms with van der Waals surface area (Å²) in [6.07, 6.45) is 7.60. The molecular formula is C11H20. The van der Waals surface area contributed by atoms with Gasteiger partial charge < -0.3 is 0 Å². The third-order valence-electron chi connectivity index (χ3n) is 2.79. The quantitative estimate of drug-likeness (QED) is 0.528. The van der Waals surface area contributed by atoms with Gasteiger partial charge in [0.15, 0.2) is 0 Å². The lowest BCUT2D eigenvalue weighted by Gasteiger charge is -2.19. The van der Waals surface area contributed by atoms with E-state index in [1.54, 1.807) is 0 Å². The van der Waals surface area contributed by atoms with Crippen LogP contribution in [0.1, 0.15) is 39.5 Å². The Kier molecular flexibility index (Phi) is 3.16. The molecule has 1 saturated carbocycles. The molecule has 1 aliphatic rings. The summed E-state index contributed by atoms with van der Waals surface area (Å²) in [5.41, 5.74) is 0. The Morgan fingerprint density at radius 1 is 1.45 bits per heavy atom. The van der Waals surface area contributed by atoms with E-state index < -0.39 is 0 Å². The van der Waals surface area contributed by atoms with E-state index in [0.717, 1.165) is 17.8 Å². The van der Waals surface area contributed by atoms with Gasteiger partial charge in [-0.25, -0.2) is 0 Å². The van der Waals surface area contributed by atoms with Crippen LogP contribution < -0.4 is 0 Å². The summed E-state index contributed by atoms with van der Waals surface area (Å²) in [6.45, 7) is 8.48. The Hall–Kier alpha value is -0.260. The monoisotopic (exact) mass is 152 g/mol. The van der Waals surface area contributed by atoms with Crippen molar-refractivity contribution in [3.8, 4) is 0 Å². The van der Waals surface area contributed by atoms with Gasteiger partial charge in [-0.2, -0.15) is 0 Å². The average Bonchev–Trinajstić information content (AvgIpc) is 2.71. The molecule has 0 heterocycles. The van der Waals surface area contributed by atoms with Crippen molar-refractivity contribution in [2.45, 2.75) is 39.5 Å². The van der Waals surface area contributed by atoms with Gasteiger partial charge in [-0.3, -0.25) is 0 Å². The van der Waals surface area contributed by atoms with Crippen LogP contribution in [-0.2, 0) is 0 Å². The first-order valence-corrected chi connectivity index (χ1v) is 4.86. The highest BCUT2D eigenvalue weighted by Gasteiger charge is 2.31. The zero-order valence-electron chi connectivity index (χ0n) is 7.84. The maximum Gasteiger partial charge on any atom is -0.0351 e. The largest absolute Gasteiger partial charge is 0.103 e. The third kappa shape index (κ3) is 2.69. The van der Waals surface area contributed by atoms with E-state index >= 15 is 0 Å². The minimum Gasteiger partial charge on any atom is -0.103 e. The van der Waals surface area contributed by atoms with Crippen molar-refractivity contribution in [3.63, 3.8) is 0 Å². The van der Waals surface area contributed by atoms with Gasteiger partial charge in [-0.05, 0) is 43.4 Å². The van der Waals surface area contributed by atoms with Gasteiger partial charge in [0, 0.05) is 0 Å². The molecule has 0 heteroatoms. The van der Waals surface area contributed by atoms with E-state index in [1.165, 1.54) is 25.7 Å². The Morgan fingerprint density at radius 2 is 2.09 bits per heavy atom. The van der Waals surface area contributed by atoms with Crippen LogP contribution in [0.2, 0.25) is 0 Å². The van der Waals surface area contributed by atoms with Crippen LogP contribution in [-0.4, -0.2) is 0 Å². The van der Waals surface area contributed by atoms with Gasteiger partial charge in [-0.1, -0.05) is 19.9 Å². The van der Waals surface area contributed by atoms with Gasteiger partial charge in [-0.15, -0.1) is 6.58 Å². The second kappa shape index (κ2) is 3.94. The van der Waals surface area contributed by atoms with E-state index in [4.69, 9.17) is 0 Å². The summed E-state index contributed by atoms with van der Waals surface area (Å²) in [5.74, 6) is 2.92. The van der Waals surface area contributed by atoms with Gasteiger partial charge in [0.25, 0.3) is 0 Å². The zero-order chi connectivity index (χ0) is 8.27. The number of rotatable bonds is 5. The molecule has 0 amide bonds. The highest BCUT2D eigenvalue weighted by molar-refractivity contribution is 4.84. The fraction of sp³-hybridized carbons (Fsp3) is 0.818. The first-order valence-electron chi connectivity index (χ1n) is 4.86. The molecule has 1 fully saturated rings. The zero-order valence-corrected chi connectivity index (χ0v) is 7.84. The molecule has 64 valence electrons. The van der Waals surface area contributed by atoms with Crippen LogP contribution in [0.25, 0.3) is 0 Å². The number of hydrogen-bond donors (Lipinski definition) is 0. The van der Waals surface area contributed by atoms with Crippen molar-refractivity contribution in [2.24, 2.45) is 17.8 Å². The lowest BCUT2D eigenvalue weighted by Crippen LogP contribution is -2.10. The lowest BCUT2D eigenvalue weighted by atomic mass is 9.87. The molecule has 1 atom stereocenters. The van der Waals surface area contributed by atoms with Gasteiger partial charge in [0.1, 0.15) is 0 Å². The summed E-state index contributed by atoms with van der Waals surface area (Å²) in [7, 11) is 0. The molecule has 11 heavy (non-hydrogen) atoms. The van der Waals surface area contributed by atoms with Crippen molar-refractivity contribution in [1.82, 2.24) is 0 Å². The smallest absolute Gasteiger partial charge is 0.0351 e. The Morgan fingerprint density at radius 3 is 2.45 bits per heavy atom. The number of hydrogen-bond acceptors (Lipinski definition) is 0. The van der Waals surface area contributed by atoms with Crippen LogP contribution >= 0.6 is 0 Å². The second-order valence-electron chi connectivity index (χ2n) is 4.11. The van der Waals surface area contributed by atoms with E-state index in [0.29, 0.717) is 0 Å². The fourth-order valence-corrected chi connectivity index (χ4v) is 1.95. The molecule has 1 unspecified atom stereocenters. The van der Waals surface area contributed by atoms with Gasteiger partial charge in [0.2, 0.25) is 0 Å². The molecule has 0 aromatic rings. The third-order valence-corrected chi connectivity index (χ3v) is 2.79. The molecule has 0 nitrogen and oxygen atoms in total. The maximum atomic E-state index is 3.77. The van der Waals surface area contributed by atoms with E-state index in [-0.39, 0.29) is 0 Å². The molecule has 0 radical (unpaired) electrons. The minimum atomic E-state index is 0.877.